The molecule has 0 unspecified atom stereocenters. The minimum Gasteiger partial charge on any atom is -0.339 e. The number of rotatable bonds is 2. The first kappa shape index (κ1) is 10.3. The summed E-state index contributed by atoms with van der Waals surface area (Å²) in [7, 11) is 0. The van der Waals surface area contributed by atoms with Gasteiger partial charge in [-0.2, -0.15) is 5.26 Å². The van der Waals surface area contributed by atoms with Crippen molar-refractivity contribution in [3.63, 3.8) is 0 Å². The van der Waals surface area contributed by atoms with Crippen molar-refractivity contribution in [1.29, 1.82) is 5.26 Å². The topological polar surface area (TPSA) is 52.9 Å². The zero-order chi connectivity index (χ0) is 10.6. The molecule has 1 amide bonds. The minimum absolute atomic E-state index is 0.415. The van der Waals surface area contributed by atoms with Gasteiger partial charge in [-0.15, -0.1) is 0 Å². The SMILES string of the molecule is Cc1ccc(CNC(=O)C#N)c(C)c1. The Bertz CT molecular complexity index is 391. The van der Waals surface area contributed by atoms with Gasteiger partial charge in [0.15, 0.2) is 6.07 Å². The summed E-state index contributed by atoms with van der Waals surface area (Å²) in [5, 5.41) is 10.8. The molecule has 3 heteroatoms. The predicted octanol–water partition coefficient (Wildman–Crippen LogP) is 1.44. The van der Waals surface area contributed by atoms with Gasteiger partial charge in [-0.1, -0.05) is 23.8 Å². The summed E-state index contributed by atoms with van der Waals surface area (Å²) in [5.74, 6) is -0.593. The molecular weight excluding hydrogens is 176 g/mol. The van der Waals surface area contributed by atoms with Gasteiger partial charge in [0.25, 0.3) is 0 Å². The van der Waals surface area contributed by atoms with E-state index >= 15 is 0 Å². The van der Waals surface area contributed by atoms with Crippen molar-refractivity contribution < 1.29 is 4.79 Å². The van der Waals surface area contributed by atoms with Crippen molar-refractivity contribution >= 4 is 5.91 Å². The Balaban J connectivity index is 2.69. The summed E-state index contributed by atoms with van der Waals surface area (Å²) in [6, 6.07) is 7.51. The van der Waals surface area contributed by atoms with Crippen LogP contribution in [0.3, 0.4) is 0 Å². The highest BCUT2D eigenvalue weighted by Crippen LogP contribution is 2.09. The van der Waals surface area contributed by atoms with Crippen LogP contribution in [0.15, 0.2) is 18.2 Å². The van der Waals surface area contributed by atoms with E-state index in [1.165, 1.54) is 11.6 Å². The van der Waals surface area contributed by atoms with E-state index in [0.29, 0.717) is 6.54 Å². The quantitative estimate of drug-likeness (QED) is 0.714. The molecule has 0 radical (unpaired) electrons. The van der Waals surface area contributed by atoms with Crippen LogP contribution in [0.2, 0.25) is 0 Å². The lowest BCUT2D eigenvalue weighted by Gasteiger charge is -2.06. The molecular formula is C11H12N2O. The molecule has 1 aromatic carbocycles. The average molecular weight is 188 g/mol. The van der Waals surface area contributed by atoms with Crippen LogP contribution >= 0.6 is 0 Å². The summed E-state index contributed by atoms with van der Waals surface area (Å²) in [6.07, 6.45) is 0. The largest absolute Gasteiger partial charge is 0.339 e. The molecule has 1 N–H and O–H groups in total. The van der Waals surface area contributed by atoms with Crippen LogP contribution in [0.1, 0.15) is 16.7 Å². The van der Waals surface area contributed by atoms with Crippen LogP contribution in [-0.4, -0.2) is 5.91 Å². The summed E-state index contributed by atoms with van der Waals surface area (Å²) >= 11 is 0. The first-order valence-corrected chi connectivity index (χ1v) is 4.37. The van der Waals surface area contributed by atoms with Crippen LogP contribution in [0.25, 0.3) is 0 Å². The standard InChI is InChI=1S/C11H12N2O/c1-8-3-4-10(9(2)5-8)7-13-11(14)6-12/h3-5H,7H2,1-2H3,(H,13,14). The molecule has 0 atom stereocenters. The van der Waals surface area contributed by atoms with Gasteiger partial charge >= 0.3 is 5.91 Å². The number of nitrogens with one attached hydrogen (secondary N) is 1. The Morgan fingerprint density at radius 2 is 2.21 bits per heavy atom. The van der Waals surface area contributed by atoms with E-state index in [4.69, 9.17) is 5.26 Å². The van der Waals surface area contributed by atoms with E-state index in [2.05, 4.69) is 5.32 Å². The Morgan fingerprint density at radius 3 is 2.79 bits per heavy atom. The number of carbonyl (C=O) groups is 1. The molecule has 0 aliphatic rings. The fourth-order valence-electron chi connectivity index (χ4n) is 1.26. The van der Waals surface area contributed by atoms with Crippen LogP contribution in [0.5, 0.6) is 0 Å². The molecule has 0 spiro atoms. The van der Waals surface area contributed by atoms with Gasteiger partial charge in [0, 0.05) is 6.54 Å². The first-order chi connectivity index (χ1) is 6.63. The van der Waals surface area contributed by atoms with Gasteiger partial charge in [0.1, 0.15) is 0 Å². The highest BCUT2D eigenvalue weighted by atomic mass is 16.1. The van der Waals surface area contributed by atoms with Crippen molar-refractivity contribution in [2.45, 2.75) is 20.4 Å². The Labute approximate surface area is 83.4 Å². The number of hydrogen-bond donors (Lipinski definition) is 1. The second-order valence-corrected chi connectivity index (χ2v) is 3.22. The van der Waals surface area contributed by atoms with Crippen molar-refractivity contribution in [2.75, 3.05) is 0 Å². The van der Waals surface area contributed by atoms with Crippen molar-refractivity contribution in [3.8, 4) is 6.07 Å². The molecule has 0 aliphatic carbocycles. The molecule has 0 aliphatic heterocycles. The van der Waals surface area contributed by atoms with Gasteiger partial charge in [-0.25, -0.2) is 0 Å². The molecule has 0 heterocycles. The third kappa shape index (κ3) is 2.60. The molecule has 1 aromatic rings. The minimum atomic E-state index is -0.593. The van der Waals surface area contributed by atoms with Crippen molar-refractivity contribution in [1.82, 2.24) is 5.32 Å². The van der Waals surface area contributed by atoms with Gasteiger partial charge in [0.2, 0.25) is 0 Å². The maximum absolute atomic E-state index is 10.7. The number of nitrogens with zero attached hydrogens (tertiary/aromatic N) is 1. The Kier molecular flexibility index (Phi) is 3.24. The fourth-order valence-corrected chi connectivity index (χ4v) is 1.26. The molecule has 3 nitrogen and oxygen atoms in total. The Hall–Kier alpha value is -1.82. The second kappa shape index (κ2) is 4.43. The number of carbonyl (C=O) groups excluding carboxylic acids is 1. The van der Waals surface area contributed by atoms with Gasteiger partial charge in [0.05, 0.1) is 0 Å². The van der Waals surface area contributed by atoms with E-state index in [0.717, 1.165) is 11.1 Å². The third-order valence-corrected chi connectivity index (χ3v) is 2.04. The van der Waals surface area contributed by atoms with Gasteiger partial charge in [-0.3, -0.25) is 4.79 Å². The van der Waals surface area contributed by atoms with Crippen LogP contribution < -0.4 is 5.32 Å². The summed E-state index contributed by atoms with van der Waals surface area (Å²) in [5.41, 5.74) is 3.36. The number of benzene rings is 1. The Morgan fingerprint density at radius 1 is 1.50 bits per heavy atom. The molecule has 0 bridgehead atoms. The number of aryl methyl sites for hydroxylation is 2. The van der Waals surface area contributed by atoms with E-state index in [9.17, 15) is 4.79 Å². The molecule has 72 valence electrons. The molecule has 0 aromatic heterocycles. The number of hydrogen-bond acceptors (Lipinski definition) is 2. The lowest BCUT2D eigenvalue weighted by molar-refractivity contribution is -0.116. The first-order valence-electron chi connectivity index (χ1n) is 4.37. The van der Waals surface area contributed by atoms with E-state index in [-0.39, 0.29) is 0 Å². The molecule has 0 fully saturated rings. The average Bonchev–Trinajstić information content (AvgIpc) is 2.16. The zero-order valence-corrected chi connectivity index (χ0v) is 8.29. The van der Waals surface area contributed by atoms with Crippen molar-refractivity contribution in [2.24, 2.45) is 0 Å². The van der Waals surface area contributed by atoms with Gasteiger partial charge < -0.3 is 5.32 Å². The second-order valence-electron chi connectivity index (χ2n) is 3.22. The smallest absolute Gasteiger partial charge is 0.322 e. The maximum Gasteiger partial charge on any atom is 0.322 e. The highest BCUT2D eigenvalue weighted by Gasteiger charge is 2.00. The summed E-state index contributed by atoms with van der Waals surface area (Å²) in [4.78, 5) is 10.7. The maximum atomic E-state index is 10.7. The zero-order valence-electron chi connectivity index (χ0n) is 8.29. The highest BCUT2D eigenvalue weighted by molar-refractivity contribution is 5.91. The van der Waals surface area contributed by atoms with E-state index in [1.807, 2.05) is 32.0 Å². The number of amides is 1. The third-order valence-electron chi connectivity index (χ3n) is 2.04. The number of nitriles is 1. The summed E-state index contributed by atoms with van der Waals surface area (Å²) < 4.78 is 0. The van der Waals surface area contributed by atoms with Crippen LogP contribution in [0, 0.1) is 25.2 Å². The lowest BCUT2D eigenvalue weighted by Crippen LogP contribution is -2.20. The van der Waals surface area contributed by atoms with Crippen LogP contribution in [0.4, 0.5) is 0 Å². The normalized spacial score (nSPS) is 9.21. The monoisotopic (exact) mass is 188 g/mol. The van der Waals surface area contributed by atoms with E-state index in [1.54, 1.807) is 0 Å². The predicted molar refractivity (Wildman–Crippen MR) is 53.4 cm³/mol. The molecule has 0 saturated carbocycles. The lowest BCUT2D eigenvalue weighted by atomic mass is 10.1. The van der Waals surface area contributed by atoms with Crippen LogP contribution in [-0.2, 0) is 11.3 Å². The molecule has 0 saturated heterocycles. The molecule has 14 heavy (non-hydrogen) atoms. The van der Waals surface area contributed by atoms with Crippen molar-refractivity contribution in [3.05, 3.63) is 34.9 Å². The fraction of sp³-hybridized carbons (Fsp3) is 0.273. The van der Waals surface area contributed by atoms with E-state index < -0.39 is 5.91 Å². The molecule has 1 rings (SSSR count). The van der Waals surface area contributed by atoms with Gasteiger partial charge in [-0.05, 0) is 25.0 Å². The summed E-state index contributed by atoms with van der Waals surface area (Å²) in [6.45, 7) is 4.42.